The molecule has 0 N–H and O–H groups in total. The highest BCUT2D eigenvalue weighted by molar-refractivity contribution is 5.91. The fourth-order valence-corrected chi connectivity index (χ4v) is 2.96. The fourth-order valence-electron chi connectivity index (χ4n) is 2.96. The molecule has 30 heavy (non-hydrogen) atoms. The van der Waals surface area contributed by atoms with Crippen LogP contribution in [-0.2, 0) is 17.9 Å². The Labute approximate surface area is 176 Å². The number of likely N-dealkylation sites (N-methyl/N-ethyl adjacent to an activating group) is 1. The quantitative estimate of drug-likeness (QED) is 0.510. The minimum atomic E-state index is -0.125. The van der Waals surface area contributed by atoms with Gasteiger partial charge in [0.2, 0.25) is 5.91 Å². The summed E-state index contributed by atoms with van der Waals surface area (Å²) in [6, 6.07) is 15.7. The van der Waals surface area contributed by atoms with E-state index in [0.717, 1.165) is 11.1 Å². The van der Waals surface area contributed by atoms with Crippen LogP contribution >= 0.6 is 0 Å². The minimum Gasteiger partial charge on any atom is -0.493 e. The first kappa shape index (κ1) is 21.1. The van der Waals surface area contributed by atoms with Gasteiger partial charge < -0.3 is 14.4 Å². The Kier molecular flexibility index (Phi) is 7.21. The summed E-state index contributed by atoms with van der Waals surface area (Å²) in [5, 5.41) is 8.21. The number of aromatic nitrogens is 3. The Morgan fingerprint density at radius 1 is 1.13 bits per heavy atom. The van der Waals surface area contributed by atoms with Crippen LogP contribution in [0.5, 0.6) is 11.5 Å². The van der Waals surface area contributed by atoms with Crippen molar-refractivity contribution < 1.29 is 14.3 Å². The van der Waals surface area contributed by atoms with E-state index < -0.39 is 0 Å². The first-order valence-electron chi connectivity index (χ1n) is 9.76. The molecule has 156 valence electrons. The molecule has 0 unspecified atom stereocenters. The van der Waals surface area contributed by atoms with Crippen LogP contribution in [0.1, 0.15) is 23.7 Å². The second-order valence-corrected chi connectivity index (χ2v) is 6.77. The lowest BCUT2D eigenvalue weighted by Gasteiger charge is -2.17. The second-order valence-electron chi connectivity index (χ2n) is 6.77. The highest BCUT2D eigenvalue weighted by atomic mass is 16.5. The third kappa shape index (κ3) is 5.70. The lowest BCUT2D eigenvalue weighted by molar-refractivity contribution is -0.125. The number of hydrogen-bond acceptors (Lipinski definition) is 5. The van der Waals surface area contributed by atoms with E-state index in [1.807, 2.05) is 61.7 Å². The van der Waals surface area contributed by atoms with Gasteiger partial charge in [-0.15, -0.1) is 5.10 Å². The summed E-state index contributed by atoms with van der Waals surface area (Å²) in [7, 11) is 3.35. The topological polar surface area (TPSA) is 69.5 Å². The molecule has 0 saturated carbocycles. The van der Waals surface area contributed by atoms with Crippen LogP contribution in [0.3, 0.4) is 0 Å². The predicted molar refractivity (Wildman–Crippen MR) is 115 cm³/mol. The summed E-state index contributed by atoms with van der Waals surface area (Å²) < 4.78 is 12.6. The zero-order chi connectivity index (χ0) is 21.3. The number of nitrogens with zero attached hydrogens (tertiary/aromatic N) is 4. The van der Waals surface area contributed by atoms with Gasteiger partial charge in [0.05, 0.1) is 26.5 Å². The predicted octanol–water partition coefficient (Wildman–Crippen LogP) is 3.41. The molecule has 0 aliphatic carbocycles. The molecule has 1 heterocycles. The van der Waals surface area contributed by atoms with Crippen molar-refractivity contribution in [3.8, 4) is 11.5 Å². The molecule has 3 rings (SSSR count). The molecule has 0 aliphatic heterocycles. The summed E-state index contributed by atoms with van der Waals surface area (Å²) in [4.78, 5) is 14.1. The van der Waals surface area contributed by atoms with Crippen LogP contribution in [0.15, 0.2) is 60.8 Å². The summed E-state index contributed by atoms with van der Waals surface area (Å²) in [5.41, 5.74) is 2.73. The highest BCUT2D eigenvalue weighted by Crippen LogP contribution is 2.28. The Hall–Kier alpha value is -3.61. The molecule has 0 fully saturated rings. The minimum absolute atomic E-state index is 0.125. The molecule has 2 aromatic carbocycles. The number of rotatable bonds is 9. The fraction of sp³-hybridized carbons (Fsp3) is 0.261. The van der Waals surface area contributed by atoms with Gasteiger partial charge in [0.1, 0.15) is 5.69 Å². The van der Waals surface area contributed by atoms with Crippen molar-refractivity contribution in [3.05, 3.63) is 77.6 Å². The van der Waals surface area contributed by atoms with Crippen LogP contribution in [0.4, 0.5) is 0 Å². The van der Waals surface area contributed by atoms with Crippen LogP contribution < -0.4 is 9.47 Å². The average Bonchev–Trinajstić information content (AvgIpc) is 3.21. The number of hydrogen-bond donors (Lipinski definition) is 0. The molecule has 0 spiro atoms. The van der Waals surface area contributed by atoms with Gasteiger partial charge in [-0.2, -0.15) is 0 Å². The maximum absolute atomic E-state index is 12.5. The largest absolute Gasteiger partial charge is 0.493 e. The number of methoxy groups -OCH3 is 1. The highest BCUT2D eigenvalue weighted by Gasteiger charge is 2.10. The third-order valence-corrected chi connectivity index (χ3v) is 4.46. The van der Waals surface area contributed by atoms with Crippen molar-refractivity contribution >= 4 is 12.0 Å². The SMILES string of the molecule is CCOc1ccc(CN(C)C(=O)/C=C/c2cn(Cc3ccccc3)nn2)cc1OC. The molecule has 0 aliphatic rings. The van der Waals surface area contributed by atoms with Crippen LogP contribution in [0.25, 0.3) is 6.08 Å². The van der Waals surface area contributed by atoms with Crippen LogP contribution in [-0.4, -0.2) is 46.6 Å². The number of carbonyl (C=O) groups is 1. The van der Waals surface area contributed by atoms with Crippen molar-refractivity contribution in [1.29, 1.82) is 0 Å². The molecule has 1 aromatic heterocycles. The summed E-state index contributed by atoms with van der Waals surface area (Å²) in [6.07, 6.45) is 4.99. The van der Waals surface area contributed by atoms with Crippen molar-refractivity contribution in [2.45, 2.75) is 20.0 Å². The van der Waals surface area contributed by atoms with E-state index >= 15 is 0 Å². The Bertz CT molecular complexity index is 999. The van der Waals surface area contributed by atoms with Gasteiger partial charge >= 0.3 is 0 Å². The van der Waals surface area contributed by atoms with Crippen molar-refractivity contribution in [1.82, 2.24) is 19.9 Å². The first-order chi connectivity index (χ1) is 14.6. The van der Waals surface area contributed by atoms with Crippen molar-refractivity contribution in [2.24, 2.45) is 0 Å². The zero-order valence-corrected chi connectivity index (χ0v) is 17.5. The average molecular weight is 406 g/mol. The Morgan fingerprint density at radius 2 is 1.93 bits per heavy atom. The van der Waals surface area contributed by atoms with Gasteiger partial charge in [0, 0.05) is 19.7 Å². The zero-order valence-electron chi connectivity index (χ0n) is 17.5. The molecule has 0 atom stereocenters. The van der Waals surface area contributed by atoms with Gasteiger partial charge in [-0.05, 0) is 36.3 Å². The standard InChI is InChI=1S/C23H26N4O3/c1-4-30-21-12-10-19(14-22(21)29-3)15-26(2)23(28)13-11-20-17-27(25-24-20)16-18-8-6-5-7-9-18/h5-14,17H,4,15-16H2,1-3H3/b13-11+. The number of benzene rings is 2. The molecule has 7 nitrogen and oxygen atoms in total. The van der Waals surface area contributed by atoms with Gasteiger partial charge in [-0.1, -0.05) is 41.6 Å². The van der Waals surface area contributed by atoms with E-state index in [9.17, 15) is 4.79 Å². The van der Waals surface area contributed by atoms with Gasteiger partial charge in [-0.25, -0.2) is 4.68 Å². The number of amides is 1. The maximum Gasteiger partial charge on any atom is 0.246 e. The van der Waals surface area contributed by atoms with Gasteiger partial charge in [-0.3, -0.25) is 4.79 Å². The maximum atomic E-state index is 12.5. The number of ether oxygens (including phenoxy) is 2. The van der Waals surface area contributed by atoms with E-state index in [1.165, 1.54) is 6.08 Å². The lowest BCUT2D eigenvalue weighted by atomic mass is 10.2. The van der Waals surface area contributed by atoms with Crippen molar-refractivity contribution in [2.75, 3.05) is 20.8 Å². The number of carbonyl (C=O) groups excluding carboxylic acids is 1. The van der Waals surface area contributed by atoms with Gasteiger partial charge in [0.15, 0.2) is 11.5 Å². The van der Waals surface area contributed by atoms with E-state index in [4.69, 9.17) is 9.47 Å². The molecule has 0 radical (unpaired) electrons. The van der Waals surface area contributed by atoms with E-state index in [1.54, 1.807) is 29.8 Å². The van der Waals surface area contributed by atoms with Crippen molar-refractivity contribution in [3.63, 3.8) is 0 Å². The second kappa shape index (κ2) is 10.2. The normalized spacial score (nSPS) is 10.9. The molecule has 3 aromatic rings. The van der Waals surface area contributed by atoms with Crippen LogP contribution in [0.2, 0.25) is 0 Å². The third-order valence-electron chi connectivity index (χ3n) is 4.46. The van der Waals surface area contributed by atoms with Gasteiger partial charge in [0.25, 0.3) is 0 Å². The van der Waals surface area contributed by atoms with E-state index in [-0.39, 0.29) is 5.91 Å². The molecule has 7 heteroatoms. The molecule has 1 amide bonds. The molecule has 0 saturated heterocycles. The lowest BCUT2D eigenvalue weighted by Crippen LogP contribution is -2.24. The van der Waals surface area contributed by atoms with E-state index in [2.05, 4.69) is 10.3 Å². The van der Waals surface area contributed by atoms with E-state index in [0.29, 0.717) is 36.9 Å². The Balaban J connectivity index is 1.58. The summed E-state index contributed by atoms with van der Waals surface area (Å²) in [6.45, 7) is 3.57. The summed E-state index contributed by atoms with van der Waals surface area (Å²) >= 11 is 0. The molecular formula is C23H26N4O3. The first-order valence-corrected chi connectivity index (χ1v) is 9.76. The van der Waals surface area contributed by atoms with Crippen LogP contribution in [0, 0.1) is 0 Å². The Morgan fingerprint density at radius 3 is 2.67 bits per heavy atom. The molecule has 0 bridgehead atoms. The molecular weight excluding hydrogens is 380 g/mol. The monoisotopic (exact) mass is 406 g/mol. The smallest absolute Gasteiger partial charge is 0.246 e. The summed E-state index contributed by atoms with van der Waals surface area (Å²) in [5.74, 6) is 1.22.